The van der Waals surface area contributed by atoms with Gasteiger partial charge in [-0.3, -0.25) is 9.59 Å². The summed E-state index contributed by atoms with van der Waals surface area (Å²) in [6, 6.07) is 0. The Kier molecular flexibility index (Phi) is 30.3. The molecule has 3 atom stereocenters. The minimum Gasteiger partial charge on any atom is -0.458 e. The number of carbonyl (C=O) groups is 2. The molecule has 0 amide bonds. The number of ether oxygens (including phenoxy) is 2. The van der Waals surface area contributed by atoms with Gasteiger partial charge in [0, 0.05) is 19.4 Å². The predicted octanol–water partition coefficient (Wildman–Crippen LogP) is 12.4. The van der Waals surface area contributed by atoms with Crippen molar-refractivity contribution in [2.75, 3.05) is 20.6 Å². The maximum Gasteiger partial charge on any atom is 0.306 e. The largest absolute Gasteiger partial charge is 0.458 e. The zero-order valence-electron chi connectivity index (χ0n) is 32.5. The Morgan fingerprint density at radius 2 is 0.857 bits per heavy atom. The highest BCUT2D eigenvalue weighted by Crippen LogP contribution is 2.32. The molecule has 1 unspecified atom stereocenters. The molecule has 1 aliphatic carbocycles. The first kappa shape index (κ1) is 44.9. The Balaban J connectivity index is 2.18. The van der Waals surface area contributed by atoms with E-state index in [2.05, 4.69) is 81.5 Å². The molecule has 0 aliphatic heterocycles. The summed E-state index contributed by atoms with van der Waals surface area (Å²) in [7, 11) is 4.13. The van der Waals surface area contributed by atoms with Crippen LogP contribution in [-0.4, -0.2) is 49.7 Å². The van der Waals surface area contributed by atoms with E-state index in [1.54, 1.807) is 0 Å². The Hall–Kier alpha value is -2.14. The van der Waals surface area contributed by atoms with Crippen molar-refractivity contribution in [2.45, 2.75) is 193 Å². The van der Waals surface area contributed by atoms with Gasteiger partial charge in [0.05, 0.1) is 0 Å². The van der Waals surface area contributed by atoms with Crippen LogP contribution in [0.15, 0.2) is 48.6 Å². The molecule has 0 aromatic rings. The molecule has 49 heavy (non-hydrogen) atoms. The molecule has 1 fully saturated rings. The first-order chi connectivity index (χ1) is 24.0. The fraction of sp³-hybridized carbons (Fsp3) is 0.773. The number of allylic oxidation sites excluding steroid dienone is 8. The molecule has 0 spiro atoms. The second-order valence-corrected chi connectivity index (χ2v) is 14.6. The van der Waals surface area contributed by atoms with Crippen molar-refractivity contribution in [3.8, 4) is 0 Å². The van der Waals surface area contributed by atoms with Gasteiger partial charge in [-0.05, 0) is 110 Å². The molecule has 0 saturated heterocycles. The topological polar surface area (TPSA) is 55.8 Å². The number of nitrogens with zero attached hydrogens (tertiary/aromatic N) is 1. The minimum atomic E-state index is -0.316. The van der Waals surface area contributed by atoms with E-state index in [1.165, 1.54) is 77.0 Å². The van der Waals surface area contributed by atoms with Crippen LogP contribution in [-0.2, 0) is 19.1 Å². The molecule has 1 saturated carbocycles. The third-order valence-electron chi connectivity index (χ3n) is 9.40. The molecule has 0 heterocycles. The Morgan fingerprint density at radius 1 is 0.510 bits per heavy atom. The van der Waals surface area contributed by atoms with Crippen LogP contribution in [0.1, 0.15) is 181 Å². The van der Waals surface area contributed by atoms with Gasteiger partial charge in [0.1, 0.15) is 12.2 Å². The number of esters is 2. The van der Waals surface area contributed by atoms with Gasteiger partial charge in [0.25, 0.3) is 0 Å². The molecule has 5 heteroatoms. The highest BCUT2D eigenvalue weighted by atomic mass is 16.6. The lowest BCUT2D eigenvalue weighted by molar-refractivity contribution is -0.165. The van der Waals surface area contributed by atoms with Crippen molar-refractivity contribution in [1.29, 1.82) is 0 Å². The number of hydrogen-bond donors (Lipinski definition) is 0. The van der Waals surface area contributed by atoms with Crippen molar-refractivity contribution < 1.29 is 19.1 Å². The highest BCUT2D eigenvalue weighted by molar-refractivity contribution is 5.70. The molecular weight excluding hydrogens is 606 g/mol. The van der Waals surface area contributed by atoms with Crippen molar-refractivity contribution in [3.05, 3.63) is 48.6 Å². The SMILES string of the molecule is CCCCC/C=C\C/C=C\CCCCCCCC(=O)O[C@H]1CC(CN(C)C)C[C@H]1OC(=O)CCCCCCC/C=C\C/C=C\CCCCC. The lowest BCUT2D eigenvalue weighted by atomic mass is 10.1. The third kappa shape index (κ3) is 28.3. The molecule has 0 N–H and O–H groups in total. The predicted molar refractivity (Wildman–Crippen MR) is 210 cm³/mol. The number of rotatable bonds is 32. The van der Waals surface area contributed by atoms with E-state index in [0.29, 0.717) is 18.8 Å². The number of carbonyl (C=O) groups excluding carboxylic acids is 2. The van der Waals surface area contributed by atoms with Gasteiger partial charge >= 0.3 is 11.9 Å². The standard InChI is InChI=1S/C44H77NO4/c1-5-7-9-11-13-15-17-19-21-23-25-27-29-31-33-35-43(46)48-41-37-40(39-45(3)4)38-42(41)49-44(47)36-34-32-30-28-26-24-22-20-18-16-14-12-10-8-6-2/h13-16,19-22,40-42H,5-12,17-18,23-39H2,1-4H3/b15-13-,16-14-,21-19-,22-20-/t40?,41-,42+. The first-order valence-corrected chi connectivity index (χ1v) is 20.6. The van der Waals surface area contributed by atoms with E-state index in [4.69, 9.17) is 9.47 Å². The summed E-state index contributed by atoms with van der Waals surface area (Å²) in [5.74, 6) is 0.0873. The Morgan fingerprint density at radius 3 is 1.22 bits per heavy atom. The fourth-order valence-corrected chi connectivity index (χ4v) is 6.59. The van der Waals surface area contributed by atoms with Crippen molar-refractivity contribution in [2.24, 2.45) is 5.92 Å². The van der Waals surface area contributed by atoms with Gasteiger partial charge in [-0.15, -0.1) is 0 Å². The first-order valence-electron chi connectivity index (χ1n) is 20.6. The van der Waals surface area contributed by atoms with Crippen molar-refractivity contribution in [1.82, 2.24) is 4.90 Å². The maximum atomic E-state index is 12.7. The van der Waals surface area contributed by atoms with Gasteiger partial charge in [-0.2, -0.15) is 0 Å². The quantitative estimate of drug-likeness (QED) is 0.0401. The van der Waals surface area contributed by atoms with Crippen LogP contribution in [0.5, 0.6) is 0 Å². The van der Waals surface area contributed by atoms with Gasteiger partial charge < -0.3 is 14.4 Å². The van der Waals surface area contributed by atoms with Gasteiger partial charge in [0.15, 0.2) is 0 Å². The normalized spacial score (nSPS) is 18.3. The molecular formula is C44H77NO4. The lowest BCUT2D eigenvalue weighted by Gasteiger charge is -2.20. The molecule has 0 aromatic carbocycles. The van der Waals surface area contributed by atoms with Crippen molar-refractivity contribution >= 4 is 11.9 Å². The van der Waals surface area contributed by atoms with Crippen molar-refractivity contribution in [3.63, 3.8) is 0 Å². The lowest BCUT2D eigenvalue weighted by Crippen LogP contribution is -2.30. The van der Waals surface area contributed by atoms with Crippen LogP contribution in [0.3, 0.4) is 0 Å². The summed E-state index contributed by atoms with van der Waals surface area (Å²) in [6.45, 7) is 5.40. The number of hydrogen-bond acceptors (Lipinski definition) is 5. The molecule has 1 rings (SSSR count). The van der Waals surface area contributed by atoms with E-state index >= 15 is 0 Å². The zero-order valence-corrected chi connectivity index (χ0v) is 32.5. The summed E-state index contributed by atoms with van der Waals surface area (Å²) >= 11 is 0. The van der Waals surface area contributed by atoms with Crippen LogP contribution in [0.25, 0.3) is 0 Å². The molecule has 282 valence electrons. The summed E-state index contributed by atoms with van der Waals surface area (Å²) in [5.41, 5.74) is 0. The summed E-state index contributed by atoms with van der Waals surface area (Å²) in [6.07, 6.45) is 45.7. The fourth-order valence-electron chi connectivity index (χ4n) is 6.59. The monoisotopic (exact) mass is 684 g/mol. The van der Waals surface area contributed by atoms with Crippen LogP contribution in [0.2, 0.25) is 0 Å². The average molecular weight is 684 g/mol. The van der Waals surface area contributed by atoms with Crippen LogP contribution >= 0.6 is 0 Å². The molecule has 1 aliphatic rings. The molecule has 0 bridgehead atoms. The minimum absolute atomic E-state index is 0.143. The highest BCUT2D eigenvalue weighted by Gasteiger charge is 2.39. The molecule has 0 radical (unpaired) electrons. The zero-order chi connectivity index (χ0) is 35.6. The molecule has 0 aromatic heterocycles. The van der Waals surface area contributed by atoms with E-state index in [0.717, 1.165) is 83.6 Å². The average Bonchev–Trinajstić information content (AvgIpc) is 3.43. The summed E-state index contributed by atoms with van der Waals surface area (Å²) in [5, 5.41) is 0. The van der Waals surface area contributed by atoms with Crippen LogP contribution in [0, 0.1) is 5.92 Å². The Labute approximate surface area is 303 Å². The Bertz CT molecular complexity index is 837. The maximum absolute atomic E-state index is 12.7. The van der Waals surface area contributed by atoms with Crippen LogP contribution in [0.4, 0.5) is 0 Å². The van der Waals surface area contributed by atoms with Gasteiger partial charge in [-0.1, -0.05) is 127 Å². The second-order valence-electron chi connectivity index (χ2n) is 14.6. The molecule has 5 nitrogen and oxygen atoms in total. The van der Waals surface area contributed by atoms with Gasteiger partial charge in [0.2, 0.25) is 0 Å². The second kappa shape index (κ2) is 33.0. The van der Waals surface area contributed by atoms with E-state index < -0.39 is 0 Å². The third-order valence-corrected chi connectivity index (χ3v) is 9.40. The van der Waals surface area contributed by atoms with E-state index in [9.17, 15) is 9.59 Å². The van der Waals surface area contributed by atoms with Gasteiger partial charge in [-0.25, -0.2) is 0 Å². The van der Waals surface area contributed by atoms with E-state index in [1.807, 2.05) is 0 Å². The van der Waals surface area contributed by atoms with Crippen LogP contribution < -0.4 is 0 Å². The number of unbranched alkanes of at least 4 members (excludes halogenated alkanes) is 16. The summed E-state index contributed by atoms with van der Waals surface area (Å²) in [4.78, 5) is 27.6. The van der Waals surface area contributed by atoms with E-state index in [-0.39, 0.29) is 24.1 Å². The summed E-state index contributed by atoms with van der Waals surface area (Å²) < 4.78 is 11.9. The smallest absolute Gasteiger partial charge is 0.306 e.